The maximum atomic E-state index is 14.7. The van der Waals surface area contributed by atoms with Gasteiger partial charge in [0, 0.05) is 29.9 Å². The summed E-state index contributed by atoms with van der Waals surface area (Å²) in [6.07, 6.45) is 2.93. The number of carbonyl (C=O) groups excluding carboxylic acids is 1. The topological polar surface area (TPSA) is 64.2 Å². The summed E-state index contributed by atoms with van der Waals surface area (Å²) in [7, 11) is 0. The van der Waals surface area contributed by atoms with Crippen LogP contribution >= 0.6 is 12.4 Å². The van der Waals surface area contributed by atoms with Crippen LogP contribution in [0.4, 0.5) is 4.39 Å². The summed E-state index contributed by atoms with van der Waals surface area (Å²) < 4.78 is 16.2. The lowest BCUT2D eigenvalue weighted by atomic mass is 9.96. The highest BCUT2D eigenvalue weighted by Gasteiger charge is 2.30. The molecule has 1 aromatic heterocycles. The number of rotatable bonds is 3. The average Bonchev–Trinajstić information content (AvgIpc) is 2.92. The maximum absolute atomic E-state index is 14.7. The molecule has 1 aliphatic rings. The molecule has 26 heavy (non-hydrogen) atoms. The first kappa shape index (κ1) is 20.4. The highest BCUT2D eigenvalue weighted by molar-refractivity contribution is 5.94. The minimum Gasteiger partial charge on any atom is -0.334 e. The van der Waals surface area contributed by atoms with Gasteiger partial charge in [-0.1, -0.05) is 0 Å². The van der Waals surface area contributed by atoms with E-state index in [1.54, 1.807) is 21.7 Å². The average molecular weight is 381 g/mol. The van der Waals surface area contributed by atoms with Crippen LogP contribution in [0.5, 0.6) is 0 Å². The van der Waals surface area contributed by atoms with Crippen molar-refractivity contribution in [3.8, 4) is 5.69 Å². The summed E-state index contributed by atoms with van der Waals surface area (Å²) in [6.45, 7) is 6.33. The van der Waals surface area contributed by atoms with Crippen molar-refractivity contribution in [1.82, 2.24) is 14.7 Å². The Morgan fingerprint density at radius 2 is 2.04 bits per heavy atom. The van der Waals surface area contributed by atoms with E-state index in [0.29, 0.717) is 17.8 Å². The molecular formula is C19H26ClFN4O. The molecule has 0 saturated carbocycles. The third-order valence-corrected chi connectivity index (χ3v) is 4.85. The highest BCUT2D eigenvalue weighted by atomic mass is 35.5. The predicted molar refractivity (Wildman–Crippen MR) is 103 cm³/mol. The van der Waals surface area contributed by atoms with Crippen LogP contribution in [0, 0.1) is 19.7 Å². The number of hydrogen-bond donors (Lipinski definition) is 1. The number of likely N-dealkylation sites (tertiary alicyclic amines) is 1. The molecule has 1 aromatic carbocycles. The molecule has 5 nitrogen and oxygen atoms in total. The van der Waals surface area contributed by atoms with Crippen molar-refractivity contribution in [3.05, 3.63) is 47.0 Å². The molecule has 0 spiro atoms. The Labute approximate surface area is 159 Å². The highest BCUT2D eigenvalue weighted by Crippen LogP contribution is 2.23. The van der Waals surface area contributed by atoms with E-state index in [1.165, 1.54) is 6.07 Å². The van der Waals surface area contributed by atoms with Gasteiger partial charge >= 0.3 is 0 Å². The van der Waals surface area contributed by atoms with Crippen LogP contribution < -0.4 is 5.73 Å². The van der Waals surface area contributed by atoms with Crippen molar-refractivity contribution >= 4 is 18.3 Å². The van der Waals surface area contributed by atoms with Gasteiger partial charge in [0.25, 0.3) is 5.91 Å². The summed E-state index contributed by atoms with van der Waals surface area (Å²) in [4.78, 5) is 14.7. The molecule has 1 amide bonds. The first-order valence-electron chi connectivity index (χ1n) is 8.78. The summed E-state index contributed by atoms with van der Waals surface area (Å²) in [5.74, 6) is -0.604. The van der Waals surface area contributed by atoms with Crippen LogP contribution in [0.15, 0.2) is 24.3 Å². The van der Waals surface area contributed by atoms with Gasteiger partial charge in [-0.05, 0) is 64.3 Å². The number of amides is 1. The van der Waals surface area contributed by atoms with E-state index in [9.17, 15) is 9.18 Å². The zero-order valence-corrected chi connectivity index (χ0v) is 16.2. The Hall–Kier alpha value is -1.92. The Bertz CT molecular complexity index is 790. The fourth-order valence-corrected chi connectivity index (χ4v) is 3.61. The van der Waals surface area contributed by atoms with Crippen molar-refractivity contribution in [2.24, 2.45) is 5.73 Å². The van der Waals surface area contributed by atoms with Gasteiger partial charge in [-0.3, -0.25) is 4.79 Å². The Kier molecular flexibility index (Phi) is 6.42. The molecule has 0 bridgehead atoms. The molecule has 3 rings (SSSR count). The summed E-state index contributed by atoms with van der Waals surface area (Å²) in [6, 6.07) is 6.40. The van der Waals surface area contributed by atoms with Gasteiger partial charge in [0.15, 0.2) is 0 Å². The number of nitrogens with zero attached hydrogens (tertiary/aromatic N) is 3. The molecular weight excluding hydrogens is 355 g/mol. The van der Waals surface area contributed by atoms with Gasteiger partial charge in [-0.15, -0.1) is 12.4 Å². The second-order valence-electron chi connectivity index (χ2n) is 6.93. The summed E-state index contributed by atoms with van der Waals surface area (Å²) >= 11 is 0. The van der Waals surface area contributed by atoms with Crippen molar-refractivity contribution in [2.75, 3.05) is 6.54 Å². The van der Waals surface area contributed by atoms with Gasteiger partial charge < -0.3 is 10.6 Å². The monoisotopic (exact) mass is 380 g/mol. The van der Waals surface area contributed by atoms with Crippen molar-refractivity contribution in [2.45, 2.75) is 52.1 Å². The van der Waals surface area contributed by atoms with E-state index >= 15 is 0 Å². The Morgan fingerprint density at radius 3 is 2.62 bits per heavy atom. The van der Waals surface area contributed by atoms with E-state index in [-0.39, 0.29) is 30.4 Å². The van der Waals surface area contributed by atoms with Gasteiger partial charge in [0.05, 0.1) is 5.69 Å². The lowest BCUT2D eigenvalue weighted by Gasteiger charge is -2.38. The largest absolute Gasteiger partial charge is 0.334 e. The second-order valence-corrected chi connectivity index (χ2v) is 6.93. The van der Waals surface area contributed by atoms with Crippen LogP contribution in [0.1, 0.15) is 47.9 Å². The number of hydrogen-bond acceptors (Lipinski definition) is 3. The molecule has 0 aliphatic carbocycles. The molecule has 7 heteroatoms. The Balaban J connectivity index is 0.00000243. The molecule has 2 atom stereocenters. The van der Waals surface area contributed by atoms with Crippen molar-refractivity contribution < 1.29 is 9.18 Å². The zero-order valence-electron chi connectivity index (χ0n) is 15.4. The molecule has 0 radical (unpaired) electrons. The van der Waals surface area contributed by atoms with E-state index in [2.05, 4.69) is 5.10 Å². The Morgan fingerprint density at radius 1 is 1.31 bits per heavy atom. The van der Waals surface area contributed by atoms with Crippen LogP contribution in [0.25, 0.3) is 5.69 Å². The zero-order chi connectivity index (χ0) is 18.1. The third-order valence-electron chi connectivity index (χ3n) is 4.85. The van der Waals surface area contributed by atoms with Crippen molar-refractivity contribution in [3.63, 3.8) is 0 Å². The minimum absolute atomic E-state index is 0. The lowest BCUT2D eigenvalue weighted by Crippen LogP contribution is -2.51. The predicted octanol–water partition coefficient (Wildman–Crippen LogP) is 3.39. The standard InChI is InChI=1S/C19H25FN4O.ClH/c1-12-10-13(2)24(22-12)18-8-7-15(11-16(18)20)19(25)23-9-5-4-6-17(23)14(3)21;/h7-8,10-11,14,17H,4-6,9,21H2,1-3H3;1H. The number of carbonyl (C=O) groups is 1. The number of benzene rings is 1. The van der Waals surface area contributed by atoms with Gasteiger partial charge in [-0.25, -0.2) is 9.07 Å². The SMILES string of the molecule is Cc1cc(C)n(-c2ccc(C(=O)N3CCCCC3C(C)N)cc2F)n1.Cl. The van der Waals surface area contributed by atoms with Crippen LogP contribution in [0.2, 0.25) is 0 Å². The maximum Gasteiger partial charge on any atom is 0.254 e. The fraction of sp³-hybridized carbons (Fsp3) is 0.474. The molecule has 1 aliphatic heterocycles. The normalized spacial score (nSPS) is 18.3. The van der Waals surface area contributed by atoms with Crippen LogP contribution in [-0.4, -0.2) is 39.2 Å². The molecule has 2 unspecified atom stereocenters. The summed E-state index contributed by atoms with van der Waals surface area (Å²) in [5, 5.41) is 4.31. The molecule has 1 fully saturated rings. The lowest BCUT2D eigenvalue weighted by molar-refractivity contribution is 0.0583. The minimum atomic E-state index is -0.452. The fourth-order valence-electron chi connectivity index (χ4n) is 3.61. The number of aryl methyl sites for hydroxylation is 2. The van der Waals surface area contributed by atoms with Gasteiger partial charge in [-0.2, -0.15) is 5.10 Å². The first-order chi connectivity index (χ1) is 11.9. The number of halogens is 2. The van der Waals surface area contributed by atoms with Crippen LogP contribution in [0.3, 0.4) is 0 Å². The molecule has 2 aromatic rings. The number of piperidine rings is 1. The third kappa shape index (κ3) is 3.91. The molecule has 142 valence electrons. The molecule has 1 saturated heterocycles. The van der Waals surface area contributed by atoms with E-state index in [1.807, 2.05) is 26.8 Å². The second kappa shape index (κ2) is 8.18. The quantitative estimate of drug-likeness (QED) is 0.887. The summed E-state index contributed by atoms with van der Waals surface area (Å²) in [5.41, 5.74) is 8.43. The molecule has 2 N–H and O–H groups in total. The van der Waals surface area contributed by atoms with E-state index in [4.69, 9.17) is 5.73 Å². The molecule has 2 heterocycles. The number of nitrogens with two attached hydrogens (primary N) is 1. The van der Waals surface area contributed by atoms with Gasteiger partial charge in [0.1, 0.15) is 11.5 Å². The van der Waals surface area contributed by atoms with E-state index < -0.39 is 5.82 Å². The smallest absolute Gasteiger partial charge is 0.254 e. The van der Waals surface area contributed by atoms with Gasteiger partial charge in [0.2, 0.25) is 0 Å². The first-order valence-corrected chi connectivity index (χ1v) is 8.78. The number of aromatic nitrogens is 2. The van der Waals surface area contributed by atoms with Crippen molar-refractivity contribution in [1.29, 1.82) is 0 Å². The van der Waals surface area contributed by atoms with Crippen LogP contribution in [-0.2, 0) is 0 Å². The van der Waals surface area contributed by atoms with E-state index in [0.717, 1.165) is 30.7 Å².